The molecule has 2 heterocycles. The van der Waals surface area contributed by atoms with Crippen molar-refractivity contribution in [2.75, 3.05) is 39.3 Å². The molecule has 0 radical (unpaired) electrons. The summed E-state index contributed by atoms with van der Waals surface area (Å²) in [5, 5.41) is 3.25. The van der Waals surface area contributed by atoms with Gasteiger partial charge in [0, 0.05) is 39.3 Å². The second-order valence-electron chi connectivity index (χ2n) is 6.93. The minimum Gasteiger partial charge on any atom is -0.459 e. The fourth-order valence-corrected chi connectivity index (χ4v) is 3.25. The van der Waals surface area contributed by atoms with E-state index in [-0.39, 0.29) is 11.7 Å². The van der Waals surface area contributed by atoms with E-state index in [2.05, 4.69) is 19.9 Å². The standard InChI is InChI=1S/C21H25F3N4O3/c1-2-25-20(26-10-9-16-5-7-17(8-6-16)31-21(22,23)24)28-13-11-27(12-14-28)19(29)18-4-3-15-30-18/h3-8,15H,2,9-14H2,1H3,(H,25,26). The number of alkyl halides is 3. The Morgan fingerprint density at radius 2 is 1.81 bits per heavy atom. The van der Waals surface area contributed by atoms with E-state index in [0.717, 1.165) is 11.5 Å². The smallest absolute Gasteiger partial charge is 0.459 e. The molecule has 0 atom stereocenters. The van der Waals surface area contributed by atoms with E-state index in [1.807, 2.05) is 6.92 Å². The Balaban J connectivity index is 1.51. The van der Waals surface area contributed by atoms with Gasteiger partial charge in [0.1, 0.15) is 5.75 Å². The van der Waals surface area contributed by atoms with Crippen molar-refractivity contribution in [2.45, 2.75) is 19.7 Å². The number of halogens is 3. The molecule has 2 aromatic rings. The maximum absolute atomic E-state index is 12.4. The van der Waals surface area contributed by atoms with Crippen LogP contribution < -0.4 is 10.1 Å². The number of amides is 1. The molecular formula is C21H25F3N4O3. The van der Waals surface area contributed by atoms with E-state index in [0.29, 0.717) is 51.4 Å². The van der Waals surface area contributed by atoms with E-state index in [4.69, 9.17) is 4.42 Å². The lowest BCUT2D eigenvalue weighted by Crippen LogP contribution is -2.53. The SMILES string of the molecule is CCNC(=NCCc1ccc(OC(F)(F)F)cc1)N1CCN(C(=O)c2ccco2)CC1. The third-order valence-corrected chi connectivity index (χ3v) is 4.75. The Hall–Kier alpha value is -3.17. The number of nitrogens with zero attached hydrogens (tertiary/aromatic N) is 3. The zero-order valence-corrected chi connectivity index (χ0v) is 17.2. The van der Waals surface area contributed by atoms with Crippen molar-refractivity contribution in [1.82, 2.24) is 15.1 Å². The molecule has 0 unspecified atom stereocenters. The van der Waals surface area contributed by atoms with Crippen LogP contribution in [0.1, 0.15) is 23.0 Å². The van der Waals surface area contributed by atoms with E-state index < -0.39 is 6.36 Å². The van der Waals surface area contributed by atoms with Crippen molar-refractivity contribution in [3.05, 3.63) is 54.0 Å². The summed E-state index contributed by atoms with van der Waals surface area (Å²) >= 11 is 0. The van der Waals surface area contributed by atoms with Gasteiger partial charge < -0.3 is 24.3 Å². The number of guanidine groups is 1. The van der Waals surface area contributed by atoms with Crippen LogP contribution in [0.15, 0.2) is 52.1 Å². The largest absolute Gasteiger partial charge is 0.573 e. The summed E-state index contributed by atoms with van der Waals surface area (Å²) in [6.07, 6.45) is -2.63. The summed E-state index contributed by atoms with van der Waals surface area (Å²) in [6.45, 7) is 5.56. The fourth-order valence-electron chi connectivity index (χ4n) is 3.25. The summed E-state index contributed by atoms with van der Waals surface area (Å²) in [5.74, 6) is 0.727. The summed E-state index contributed by atoms with van der Waals surface area (Å²) in [7, 11) is 0. The maximum atomic E-state index is 12.4. The molecule has 0 aliphatic carbocycles. The van der Waals surface area contributed by atoms with Gasteiger partial charge in [-0.05, 0) is 43.2 Å². The number of hydrogen-bond acceptors (Lipinski definition) is 4. The summed E-state index contributed by atoms with van der Waals surface area (Å²) < 4.78 is 45.8. The lowest BCUT2D eigenvalue weighted by Gasteiger charge is -2.36. The van der Waals surface area contributed by atoms with Gasteiger partial charge in [-0.25, -0.2) is 0 Å². The molecule has 1 N–H and O–H groups in total. The number of piperazine rings is 1. The number of hydrogen-bond donors (Lipinski definition) is 1. The van der Waals surface area contributed by atoms with Crippen molar-refractivity contribution in [2.24, 2.45) is 4.99 Å². The van der Waals surface area contributed by atoms with Crippen LogP contribution in [-0.4, -0.2) is 67.3 Å². The van der Waals surface area contributed by atoms with E-state index in [1.54, 1.807) is 29.2 Å². The van der Waals surface area contributed by atoms with Crippen molar-refractivity contribution in [3.63, 3.8) is 0 Å². The second kappa shape index (κ2) is 10.2. The lowest BCUT2D eigenvalue weighted by molar-refractivity contribution is -0.274. The number of carbonyl (C=O) groups excluding carboxylic acids is 1. The van der Waals surface area contributed by atoms with Gasteiger partial charge in [0.2, 0.25) is 0 Å². The van der Waals surface area contributed by atoms with Crippen LogP contribution in [-0.2, 0) is 6.42 Å². The average Bonchev–Trinajstić information content (AvgIpc) is 3.28. The number of rotatable bonds is 6. The molecule has 0 bridgehead atoms. The highest BCUT2D eigenvalue weighted by molar-refractivity contribution is 5.91. The molecule has 10 heteroatoms. The van der Waals surface area contributed by atoms with E-state index in [1.165, 1.54) is 18.4 Å². The van der Waals surface area contributed by atoms with Gasteiger partial charge in [0.25, 0.3) is 5.91 Å². The Kier molecular flexibility index (Phi) is 7.43. The van der Waals surface area contributed by atoms with Crippen molar-refractivity contribution < 1.29 is 27.1 Å². The zero-order valence-electron chi connectivity index (χ0n) is 17.2. The average molecular weight is 438 g/mol. The van der Waals surface area contributed by atoms with Crippen LogP contribution in [0.3, 0.4) is 0 Å². The van der Waals surface area contributed by atoms with E-state index >= 15 is 0 Å². The summed E-state index contributed by atoms with van der Waals surface area (Å²) in [4.78, 5) is 20.9. The molecule has 31 heavy (non-hydrogen) atoms. The zero-order chi connectivity index (χ0) is 22.3. The first-order valence-corrected chi connectivity index (χ1v) is 10.1. The number of aliphatic imine (C=N–C) groups is 1. The van der Waals surface area contributed by atoms with E-state index in [9.17, 15) is 18.0 Å². The van der Waals surface area contributed by atoms with Gasteiger partial charge >= 0.3 is 6.36 Å². The topological polar surface area (TPSA) is 70.3 Å². The van der Waals surface area contributed by atoms with Crippen LogP contribution in [0, 0.1) is 0 Å². The van der Waals surface area contributed by atoms with Gasteiger partial charge in [-0.2, -0.15) is 0 Å². The third kappa shape index (κ3) is 6.66. The highest BCUT2D eigenvalue weighted by atomic mass is 19.4. The molecule has 7 nitrogen and oxygen atoms in total. The molecule has 1 aliphatic rings. The summed E-state index contributed by atoms with van der Waals surface area (Å²) in [6, 6.07) is 9.14. The molecule has 1 saturated heterocycles. The molecule has 0 spiro atoms. The maximum Gasteiger partial charge on any atom is 0.573 e. The minimum absolute atomic E-state index is 0.121. The normalized spacial score (nSPS) is 15.2. The first-order chi connectivity index (χ1) is 14.9. The van der Waals surface area contributed by atoms with Gasteiger partial charge in [0.15, 0.2) is 11.7 Å². The first kappa shape index (κ1) is 22.5. The number of carbonyl (C=O) groups is 1. The highest BCUT2D eigenvalue weighted by Gasteiger charge is 2.31. The number of ether oxygens (including phenoxy) is 1. The Morgan fingerprint density at radius 1 is 1.13 bits per heavy atom. The number of nitrogens with one attached hydrogen (secondary N) is 1. The van der Waals surface area contributed by atoms with Gasteiger partial charge in [-0.3, -0.25) is 9.79 Å². The van der Waals surface area contributed by atoms with Gasteiger partial charge in [-0.1, -0.05) is 12.1 Å². The third-order valence-electron chi connectivity index (χ3n) is 4.75. The van der Waals surface area contributed by atoms with Crippen molar-refractivity contribution in [3.8, 4) is 5.75 Å². The quantitative estimate of drug-likeness (QED) is 0.554. The molecule has 1 aliphatic heterocycles. The monoisotopic (exact) mass is 438 g/mol. The molecule has 0 saturated carbocycles. The van der Waals surface area contributed by atoms with Crippen molar-refractivity contribution >= 4 is 11.9 Å². The lowest BCUT2D eigenvalue weighted by atomic mass is 10.1. The first-order valence-electron chi connectivity index (χ1n) is 10.1. The molecule has 1 fully saturated rings. The second-order valence-corrected chi connectivity index (χ2v) is 6.93. The minimum atomic E-state index is -4.70. The Bertz CT molecular complexity index is 859. The van der Waals surface area contributed by atoms with Gasteiger partial charge in [-0.15, -0.1) is 13.2 Å². The molecule has 1 aromatic carbocycles. The molecule has 3 rings (SSSR count). The van der Waals surface area contributed by atoms with Crippen LogP contribution >= 0.6 is 0 Å². The predicted octanol–water partition coefficient (Wildman–Crippen LogP) is 3.14. The van der Waals surface area contributed by atoms with Crippen LogP contribution in [0.5, 0.6) is 5.75 Å². The van der Waals surface area contributed by atoms with Gasteiger partial charge in [0.05, 0.1) is 6.26 Å². The number of furan rings is 1. The molecule has 1 aromatic heterocycles. The van der Waals surface area contributed by atoms with Crippen LogP contribution in [0.25, 0.3) is 0 Å². The highest BCUT2D eigenvalue weighted by Crippen LogP contribution is 2.22. The predicted molar refractivity (Wildman–Crippen MR) is 109 cm³/mol. The van der Waals surface area contributed by atoms with Crippen molar-refractivity contribution in [1.29, 1.82) is 0 Å². The van der Waals surface area contributed by atoms with Crippen LogP contribution in [0.4, 0.5) is 13.2 Å². The Morgan fingerprint density at radius 3 is 2.39 bits per heavy atom. The number of benzene rings is 1. The molecule has 1 amide bonds. The Labute approximate surface area is 178 Å². The molecule has 168 valence electrons. The summed E-state index contributed by atoms with van der Waals surface area (Å²) in [5.41, 5.74) is 0.864. The van der Waals surface area contributed by atoms with Crippen LogP contribution in [0.2, 0.25) is 0 Å². The fraction of sp³-hybridized carbons (Fsp3) is 0.429. The molecular weight excluding hydrogens is 413 g/mol.